The number of anilines is 1. The number of nitrogens with zero attached hydrogens (tertiary/aromatic N) is 1. The second-order valence-electron chi connectivity index (χ2n) is 6.76. The van der Waals surface area contributed by atoms with Gasteiger partial charge in [-0.3, -0.25) is 0 Å². The summed E-state index contributed by atoms with van der Waals surface area (Å²) < 4.78 is 1.13. The highest BCUT2D eigenvalue weighted by Crippen LogP contribution is 2.42. The van der Waals surface area contributed by atoms with E-state index in [0.29, 0.717) is 12.0 Å². The van der Waals surface area contributed by atoms with Gasteiger partial charge in [-0.1, -0.05) is 77.5 Å². The molecule has 2 atom stereocenters. The minimum Gasteiger partial charge on any atom is -0.364 e. The van der Waals surface area contributed by atoms with E-state index in [2.05, 4.69) is 107 Å². The number of hydrogen-bond acceptors (Lipinski definition) is 1. The van der Waals surface area contributed by atoms with Crippen molar-refractivity contribution in [3.8, 4) is 0 Å². The van der Waals surface area contributed by atoms with Crippen molar-refractivity contribution >= 4 is 21.6 Å². The molecule has 1 aliphatic rings. The van der Waals surface area contributed by atoms with Crippen LogP contribution in [0.25, 0.3) is 0 Å². The second-order valence-corrected chi connectivity index (χ2v) is 7.68. The molecule has 0 amide bonds. The summed E-state index contributed by atoms with van der Waals surface area (Å²) >= 11 is 3.55. The summed E-state index contributed by atoms with van der Waals surface area (Å²) in [4.78, 5) is 2.58. The first-order valence-corrected chi connectivity index (χ1v) is 9.68. The Bertz CT molecular complexity index is 841. The Labute approximate surface area is 158 Å². The lowest BCUT2D eigenvalue weighted by Gasteiger charge is -2.42. The molecule has 0 N–H and O–H groups in total. The molecule has 2 unspecified atom stereocenters. The molecule has 0 saturated heterocycles. The van der Waals surface area contributed by atoms with Crippen molar-refractivity contribution in [2.75, 3.05) is 11.4 Å². The van der Waals surface area contributed by atoms with Crippen molar-refractivity contribution in [1.29, 1.82) is 0 Å². The fourth-order valence-electron chi connectivity index (χ4n) is 4.00. The van der Waals surface area contributed by atoms with Crippen LogP contribution in [0.5, 0.6) is 0 Å². The quantitative estimate of drug-likeness (QED) is 0.502. The van der Waals surface area contributed by atoms with Crippen LogP contribution in [0.4, 0.5) is 5.69 Å². The lowest BCUT2D eigenvalue weighted by Crippen LogP contribution is -2.38. The molecule has 3 aromatic rings. The monoisotopic (exact) mass is 391 g/mol. The summed E-state index contributed by atoms with van der Waals surface area (Å²) in [5.41, 5.74) is 5.65. The first-order chi connectivity index (χ1) is 12.2. The molecule has 0 radical (unpaired) electrons. The molecule has 0 bridgehead atoms. The molecule has 1 nitrogen and oxygen atoms in total. The first kappa shape index (κ1) is 16.4. The lowest BCUT2D eigenvalue weighted by atomic mass is 9.82. The molecule has 0 aliphatic carbocycles. The van der Waals surface area contributed by atoms with Crippen molar-refractivity contribution in [3.05, 3.63) is 100 Å². The maximum Gasteiger partial charge on any atom is 0.0611 e. The summed E-state index contributed by atoms with van der Waals surface area (Å²) in [6.45, 7) is 3.42. The van der Waals surface area contributed by atoms with Crippen molar-refractivity contribution in [2.45, 2.75) is 25.3 Å². The van der Waals surface area contributed by atoms with E-state index in [1.54, 1.807) is 0 Å². The van der Waals surface area contributed by atoms with E-state index < -0.39 is 0 Å². The number of rotatable bonds is 3. The first-order valence-electron chi connectivity index (χ1n) is 8.89. The van der Waals surface area contributed by atoms with Gasteiger partial charge in [0, 0.05) is 22.6 Å². The lowest BCUT2D eigenvalue weighted by molar-refractivity contribution is 0.509. The Kier molecular flexibility index (Phi) is 4.63. The van der Waals surface area contributed by atoms with E-state index in [1.165, 1.54) is 22.4 Å². The van der Waals surface area contributed by atoms with Gasteiger partial charge < -0.3 is 4.90 Å². The Morgan fingerprint density at radius 1 is 0.880 bits per heavy atom. The standard InChI is InChI=1S/C23H22BrN/c1-17(18-11-13-20(24)14-12-18)23-22-10-6-5-7-19(22)15-16-25(23)21-8-3-2-4-9-21/h2-14,17,23H,15-16H2,1H3. The van der Waals surface area contributed by atoms with Gasteiger partial charge in [-0.25, -0.2) is 0 Å². The number of para-hydroxylation sites is 1. The third kappa shape index (κ3) is 3.23. The summed E-state index contributed by atoms with van der Waals surface area (Å²) in [5, 5.41) is 0. The normalized spacial score (nSPS) is 17.8. The largest absolute Gasteiger partial charge is 0.364 e. The predicted octanol–water partition coefficient (Wildman–Crippen LogP) is 6.36. The van der Waals surface area contributed by atoms with Crippen molar-refractivity contribution in [2.24, 2.45) is 0 Å². The average Bonchev–Trinajstić information content (AvgIpc) is 2.68. The highest BCUT2D eigenvalue weighted by molar-refractivity contribution is 9.10. The van der Waals surface area contributed by atoms with E-state index in [0.717, 1.165) is 17.4 Å². The zero-order valence-corrected chi connectivity index (χ0v) is 16.0. The average molecular weight is 392 g/mol. The van der Waals surface area contributed by atoms with Crippen LogP contribution in [0.15, 0.2) is 83.3 Å². The molecule has 0 fully saturated rings. The predicted molar refractivity (Wildman–Crippen MR) is 109 cm³/mol. The molecule has 0 aromatic heterocycles. The van der Waals surface area contributed by atoms with Gasteiger partial charge in [0.2, 0.25) is 0 Å². The minimum atomic E-state index is 0.355. The van der Waals surface area contributed by atoms with Gasteiger partial charge in [0.15, 0.2) is 0 Å². The molecule has 1 heterocycles. The van der Waals surface area contributed by atoms with Gasteiger partial charge in [-0.05, 0) is 47.4 Å². The van der Waals surface area contributed by atoms with E-state index in [-0.39, 0.29) is 0 Å². The Morgan fingerprint density at radius 3 is 2.32 bits per heavy atom. The molecule has 4 rings (SSSR count). The Balaban J connectivity index is 1.79. The molecule has 3 aromatic carbocycles. The smallest absolute Gasteiger partial charge is 0.0611 e. The molecular formula is C23H22BrN. The van der Waals surface area contributed by atoms with Crippen LogP contribution in [-0.4, -0.2) is 6.54 Å². The Hall–Kier alpha value is -2.06. The summed E-state index contributed by atoms with van der Waals surface area (Å²) in [7, 11) is 0. The zero-order chi connectivity index (χ0) is 17.2. The Morgan fingerprint density at radius 2 is 1.56 bits per heavy atom. The van der Waals surface area contributed by atoms with Crippen LogP contribution in [0.1, 0.15) is 35.6 Å². The van der Waals surface area contributed by atoms with Crippen LogP contribution in [0.3, 0.4) is 0 Å². The van der Waals surface area contributed by atoms with Crippen LogP contribution in [-0.2, 0) is 6.42 Å². The maximum absolute atomic E-state index is 3.55. The summed E-state index contributed by atoms with van der Waals surface area (Å²) in [5.74, 6) is 0.412. The van der Waals surface area contributed by atoms with Gasteiger partial charge in [0.1, 0.15) is 0 Å². The van der Waals surface area contributed by atoms with Crippen LogP contribution >= 0.6 is 15.9 Å². The highest BCUT2D eigenvalue weighted by Gasteiger charge is 2.32. The van der Waals surface area contributed by atoms with Gasteiger partial charge >= 0.3 is 0 Å². The van der Waals surface area contributed by atoms with Crippen LogP contribution in [0, 0.1) is 0 Å². The van der Waals surface area contributed by atoms with E-state index in [4.69, 9.17) is 0 Å². The molecule has 1 aliphatic heterocycles. The van der Waals surface area contributed by atoms with Gasteiger partial charge in [-0.2, -0.15) is 0 Å². The molecule has 0 saturated carbocycles. The SMILES string of the molecule is CC(c1ccc(Br)cc1)C1c2ccccc2CCN1c1ccccc1. The topological polar surface area (TPSA) is 3.24 Å². The number of hydrogen-bond donors (Lipinski definition) is 0. The number of halogens is 1. The maximum atomic E-state index is 3.55. The highest BCUT2D eigenvalue weighted by atomic mass is 79.9. The van der Waals surface area contributed by atoms with E-state index >= 15 is 0 Å². The zero-order valence-electron chi connectivity index (χ0n) is 14.4. The molecule has 126 valence electrons. The van der Waals surface area contributed by atoms with Gasteiger partial charge in [0.05, 0.1) is 6.04 Å². The third-order valence-corrected chi connectivity index (χ3v) is 5.82. The fraction of sp³-hybridized carbons (Fsp3) is 0.217. The van der Waals surface area contributed by atoms with Crippen LogP contribution in [0.2, 0.25) is 0 Å². The second kappa shape index (κ2) is 7.05. The van der Waals surface area contributed by atoms with Crippen molar-refractivity contribution in [3.63, 3.8) is 0 Å². The number of benzene rings is 3. The number of fused-ring (bicyclic) bond motifs is 1. The fourth-order valence-corrected chi connectivity index (χ4v) is 4.26. The summed E-state index contributed by atoms with van der Waals surface area (Å²) in [6, 6.07) is 28.9. The van der Waals surface area contributed by atoms with Crippen molar-refractivity contribution in [1.82, 2.24) is 0 Å². The molecule has 0 spiro atoms. The molecule has 25 heavy (non-hydrogen) atoms. The van der Waals surface area contributed by atoms with Gasteiger partial charge in [-0.15, -0.1) is 0 Å². The molecular weight excluding hydrogens is 370 g/mol. The molecule has 2 heteroatoms. The van der Waals surface area contributed by atoms with E-state index in [9.17, 15) is 0 Å². The van der Waals surface area contributed by atoms with Crippen molar-refractivity contribution < 1.29 is 0 Å². The minimum absolute atomic E-state index is 0.355. The van der Waals surface area contributed by atoms with E-state index in [1.807, 2.05) is 0 Å². The van der Waals surface area contributed by atoms with Crippen LogP contribution < -0.4 is 4.90 Å². The van der Waals surface area contributed by atoms with Gasteiger partial charge in [0.25, 0.3) is 0 Å². The third-order valence-electron chi connectivity index (χ3n) is 5.29. The summed E-state index contributed by atoms with van der Waals surface area (Å²) in [6.07, 6.45) is 1.11.